The monoisotopic (exact) mass is 345 g/mol. The molecule has 7 nitrogen and oxygen atoms in total. The highest BCUT2D eigenvalue weighted by molar-refractivity contribution is 5.95. The summed E-state index contributed by atoms with van der Waals surface area (Å²) in [5, 5.41) is 7.23. The largest absolute Gasteiger partial charge is 0.366 e. The van der Waals surface area contributed by atoms with Crippen LogP contribution in [0.3, 0.4) is 0 Å². The molecular formula is C18H27N5O2. The number of carbonyl (C=O) groups is 1. The molecule has 1 fully saturated rings. The van der Waals surface area contributed by atoms with Crippen LogP contribution in [-0.4, -0.2) is 50.3 Å². The lowest BCUT2D eigenvalue weighted by Gasteiger charge is -2.31. The van der Waals surface area contributed by atoms with E-state index in [1.807, 2.05) is 24.8 Å². The molecule has 1 N–H and O–H groups in total. The lowest BCUT2D eigenvalue weighted by Crippen LogP contribution is -2.42. The van der Waals surface area contributed by atoms with E-state index in [4.69, 9.17) is 4.74 Å². The van der Waals surface area contributed by atoms with Crippen LogP contribution in [0.25, 0.3) is 0 Å². The molecular weight excluding hydrogens is 318 g/mol. The van der Waals surface area contributed by atoms with Crippen LogP contribution in [0.5, 0.6) is 0 Å². The van der Waals surface area contributed by atoms with Crippen molar-refractivity contribution in [3.05, 3.63) is 34.7 Å². The lowest BCUT2D eigenvalue weighted by atomic mass is 10.2. The summed E-state index contributed by atoms with van der Waals surface area (Å²) < 4.78 is 7.97. The molecule has 1 atom stereocenters. The number of hydrogen-bond donors (Lipinski definition) is 1. The maximum atomic E-state index is 13.0. The van der Waals surface area contributed by atoms with E-state index < -0.39 is 0 Å². The summed E-state index contributed by atoms with van der Waals surface area (Å²) >= 11 is 0. The first-order chi connectivity index (χ1) is 12.0. The van der Waals surface area contributed by atoms with Crippen LogP contribution >= 0.6 is 0 Å². The van der Waals surface area contributed by atoms with E-state index >= 15 is 0 Å². The number of aromatic nitrogens is 4. The number of carbonyl (C=O) groups excluding carboxylic acids is 1. The van der Waals surface area contributed by atoms with E-state index in [1.54, 1.807) is 0 Å². The van der Waals surface area contributed by atoms with E-state index in [9.17, 15) is 4.79 Å². The first-order valence-electron chi connectivity index (χ1n) is 9.03. The molecule has 25 heavy (non-hydrogen) atoms. The van der Waals surface area contributed by atoms with Crippen molar-refractivity contribution in [2.24, 2.45) is 0 Å². The van der Waals surface area contributed by atoms with Crippen molar-refractivity contribution in [1.82, 2.24) is 24.6 Å². The Bertz CT molecular complexity index is 749. The lowest BCUT2D eigenvalue weighted by molar-refractivity contribution is -0.0267. The predicted octanol–water partition coefficient (Wildman–Crippen LogP) is 2.41. The quantitative estimate of drug-likeness (QED) is 0.903. The van der Waals surface area contributed by atoms with Gasteiger partial charge < -0.3 is 14.2 Å². The number of aryl methyl sites for hydroxylation is 2. The number of ether oxygens (including phenoxy) is 1. The van der Waals surface area contributed by atoms with Crippen LogP contribution in [0.4, 0.5) is 0 Å². The Morgan fingerprint density at radius 2 is 2.20 bits per heavy atom. The van der Waals surface area contributed by atoms with Gasteiger partial charge in [-0.3, -0.25) is 9.89 Å². The summed E-state index contributed by atoms with van der Waals surface area (Å²) in [5.41, 5.74) is 2.92. The van der Waals surface area contributed by atoms with Crippen LogP contribution in [0, 0.1) is 13.8 Å². The number of morpholine rings is 1. The Balaban J connectivity index is 1.75. The molecule has 1 aliphatic rings. The zero-order valence-electron chi connectivity index (χ0n) is 15.5. The van der Waals surface area contributed by atoms with Crippen molar-refractivity contribution < 1.29 is 9.53 Å². The number of aromatic amines is 1. The molecule has 1 aliphatic heterocycles. The maximum Gasteiger partial charge on any atom is 0.255 e. The third kappa shape index (κ3) is 3.46. The maximum absolute atomic E-state index is 13.0. The van der Waals surface area contributed by atoms with Gasteiger partial charge in [0.2, 0.25) is 0 Å². The van der Waals surface area contributed by atoms with Gasteiger partial charge in [0.1, 0.15) is 11.9 Å². The first-order valence-corrected chi connectivity index (χ1v) is 9.03. The second-order valence-corrected chi connectivity index (χ2v) is 6.53. The highest BCUT2D eigenvalue weighted by Crippen LogP contribution is 2.23. The van der Waals surface area contributed by atoms with E-state index in [2.05, 4.69) is 33.6 Å². The molecule has 3 rings (SSSR count). The fraction of sp³-hybridized carbons (Fsp3) is 0.611. The van der Waals surface area contributed by atoms with Crippen molar-refractivity contribution in [1.29, 1.82) is 0 Å². The second kappa shape index (κ2) is 7.39. The summed E-state index contributed by atoms with van der Waals surface area (Å²) in [6.45, 7) is 10.7. The third-order valence-corrected chi connectivity index (χ3v) is 4.80. The van der Waals surface area contributed by atoms with E-state index in [0.29, 0.717) is 25.5 Å². The predicted molar refractivity (Wildman–Crippen MR) is 94.6 cm³/mol. The SMILES string of the molecule is CCCc1nc([C@@H]2CN(C(=O)c3cc(C)n(CC)c3C)CCO2)n[nH]1. The number of nitrogens with one attached hydrogen (secondary N) is 1. The van der Waals surface area contributed by atoms with E-state index in [0.717, 1.165) is 42.2 Å². The molecule has 0 aromatic carbocycles. The normalized spacial score (nSPS) is 17.9. The Hall–Kier alpha value is -2.15. The van der Waals surface area contributed by atoms with Crippen LogP contribution in [0.2, 0.25) is 0 Å². The molecule has 7 heteroatoms. The molecule has 0 saturated carbocycles. The molecule has 3 heterocycles. The average molecular weight is 345 g/mol. The number of H-pyrrole nitrogens is 1. The summed E-state index contributed by atoms with van der Waals surface area (Å²) in [6, 6.07) is 1.98. The molecule has 0 spiro atoms. The molecule has 2 aromatic rings. The van der Waals surface area contributed by atoms with Gasteiger partial charge in [0.05, 0.1) is 18.7 Å². The summed E-state index contributed by atoms with van der Waals surface area (Å²) in [5.74, 6) is 1.57. The van der Waals surface area contributed by atoms with Gasteiger partial charge in [-0.05, 0) is 33.3 Å². The summed E-state index contributed by atoms with van der Waals surface area (Å²) in [6.07, 6.45) is 1.61. The summed E-state index contributed by atoms with van der Waals surface area (Å²) in [7, 11) is 0. The highest BCUT2D eigenvalue weighted by Gasteiger charge is 2.30. The van der Waals surface area contributed by atoms with Crippen molar-refractivity contribution in [2.45, 2.75) is 53.2 Å². The van der Waals surface area contributed by atoms with E-state index in [1.165, 1.54) is 0 Å². The fourth-order valence-corrected chi connectivity index (χ4v) is 3.47. The minimum Gasteiger partial charge on any atom is -0.366 e. The first kappa shape index (κ1) is 17.7. The van der Waals surface area contributed by atoms with Gasteiger partial charge in [-0.15, -0.1) is 0 Å². The number of hydrogen-bond acceptors (Lipinski definition) is 4. The van der Waals surface area contributed by atoms with Gasteiger partial charge in [0, 0.05) is 30.9 Å². The standard InChI is InChI=1S/C18H27N5O2/c1-5-7-16-19-17(21-20-16)15-11-22(8-9-25-15)18(24)14-10-12(3)23(6-2)13(14)4/h10,15H,5-9,11H2,1-4H3,(H,19,20,21)/t15-/m0/s1. The Morgan fingerprint density at radius 3 is 2.88 bits per heavy atom. The van der Waals surface area contributed by atoms with Crippen LogP contribution in [0.15, 0.2) is 6.07 Å². The number of nitrogens with zero attached hydrogens (tertiary/aromatic N) is 4. The number of rotatable bonds is 5. The fourth-order valence-electron chi connectivity index (χ4n) is 3.47. The molecule has 136 valence electrons. The average Bonchev–Trinajstić information content (AvgIpc) is 3.19. The van der Waals surface area contributed by atoms with Crippen LogP contribution in [0.1, 0.15) is 59.8 Å². The molecule has 0 unspecified atom stereocenters. The molecule has 0 aliphatic carbocycles. The molecule has 0 radical (unpaired) electrons. The van der Waals surface area contributed by atoms with Gasteiger partial charge in [-0.2, -0.15) is 5.10 Å². The van der Waals surface area contributed by atoms with Crippen molar-refractivity contribution >= 4 is 5.91 Å². The van der Waals surface area contributed by atoms with Crippen LogP contribution in [-0.2, 0) is 17.7 Å². The Morgan fingerprint density at radius 1 is 1.40 bits per heavy atom. The molecule has 0 bridgehead atoms. The van der Waals surface area contributed by atoms with Crippen molar-refractivity contribution in [3.63, 3.8) is 0 Å². The topological polar surface area (TPSA) is 76.0 Å². The molecule has 2 aromatic heterocycles. The smallest absolute Gasteiger partial charge is 0.255 e. The number of amides is 1. The molecule has 1 saturated heterocycles. The molecule has 1 amide bonds. The van der Waals surface area contributed by atoms with E-state index in [-0.39, 0.29) is 12.0 Å². The van der Waals surface area contributed by atoms with Gasteiger partial charge in [-0.1, -0.05) is 6.92 Å². The minimum absolute atomic E-state index is 0.0606. The zero-order chi connectivity index (χ0) is 18.0. The minimum atomic E-state index is -0.269. The zero-order valence-corrected chi connectivity index (χ0v) is 15.5. The van der Waals surface area contributed by atoms with Gasteiger partial charge in [-0.25, -0.2) is 4.98 Å². The Kier molecular flexibility index (Phi) is 5.22. The van der Waals surface area contributed by atoms with Crippen molar-refractivity contribution in [2.75, 3.05) is 19.7 Å². The highest BCUT2D eigenvalue weighted by atomic mass is 16.5. The van der Waals surface area contributed by atoms with Crippen molar-refractivity contribution in [3.8, 4) is 0 Å². The van der Waals surface area contributed by atoms with Gasteiger partial charge in [0.25, 0.3) is 5.91 Å². The second-order valence-electron chi connectivity index (χ2n) is 6.53. The van der Waals surface area contributed by atoms with Gasteiger partial charge in [0.15, 0.2) is 5.82 Å². The Labute approximate surface area is 148 Å². The summed E-state index contributed by atoms with van der Waals surface area (Å²) in [4.78, 5) is 19.4. The van der Waals surface area contributed by atoms with Crippen LogP contribution < -0.4 is 0 Å². The van der Waals surface area contributed by atoms with Gasteiger partial charge >= 0.3 is 0 Å². The third-order valence-electron chi connectivity index (χ3n) is 4.80.